The predicted octanol–water partition coefficient (Wildman–Crippen LogP) is 1.44. The third-order valence-electron chi connectivity index (χ3n) is 1.81. The highest BCUT2D eigenvalue weighted by Crippen LogP contribution is 2.04. The predicted molar refractivity (Wildman–Crippen MR) is 49.2 cm³/mol. The summed E-state index contributed by atoms with van der Waals surface area (Å²) < 4.78 is 5.14. The van der Waals surface area contributed by atoms with E-state index < -0.39 is 0 Å². The summed E-state index contributed by atoms with van der Waals surface area (Å²) in [7, 11) is 1.62. The fourth-order valence-electron chi connectivity index (χ4n) is 1.08. The first-order valence-corrected chi connectivity index (χ1v) is 4.27. The molecule has 2 amide bonds. The Morgan fingerprint density at radius 3 is 2.92 bits per heavy atom. The lowest BCUT2D eigenvalue weighted by Gasteiger charge is -2.18. The van der Waals surface area contributed by atoms with Gasteiger partial charge in [0.05, 0.1) is 12.8 Å². The van der Waals surface area contributed by atoms with Crippen molar-refractivity contribution in [2.24, 2.45) is 0 Å². The molecule has 0 aliphatic rings. The van der Waals surface area contributed by atoms with Gasteiger partial charge in [0.15, 0.2) is 0 Å². The zero-order chi connectivity index (χ0) is 9.68. The molecule has 0 saturated heterocycles. The molecule has 1 N–H and O–H groups in total. The standard InChI is InChI=1S/C9H14N2O2/c1-3-11(9(12)10-2)7-8-5-4-6-13-8/h4-6H,3,7H2,1-2H3,(H,10,12). The lowest BCUT2D eigenvalue weighted by atomic mass is 10.4. The van der Waals surface area contributed by atoms with Crippen molar-refractivity contribution >= 4 is 6.03 Å². The highest BCUT2D eigenvalue weighted by molar-refractivity contribution is 5.73. The molecule has 0 radical (unpaired) electrons. The third kappa shape index (κ3) is 2.50. The van der Waals surface area contributed by atoms with Gasteiger partial charge in [-0.05, 0) is 19.1 Å². The van der Waals surface area contributed by atoms with Crippen molar-refractivity contribution in [1.82, 2.24) is 10.2 Å². The van der Waals surface area contributed by atoms with Gasteiger partial charge in [-0.2, -0.15) is 0 Å². The quantitative estimate of drug-likeness (QED) is 0.768. The van der Waals surface area contributed by atoms with Gasteiger partial charge in [-0.1, -0.05) is 0 Å². The smallest absolute Gasteiger partial charge is 0.317 e. The monoisotopic (exact) mass is 182 g/mol. The van der Waals surface area contributed by atoms with E-state index in [1.165, 1.54) is 0 Å². The molecule has 0 bridgehead atoms. The van der Waals surface area contributed by atoms with Gasteiger partial charge < -0.3 is 14.6 Å². The van der Waals surface area contributed by atoms with E-state index in [9.17, 15) is 4.79 Å². The van der Waals surface area contributed by atoms with E-state index in [1.807, 2.05) is 19.1 Å². The second-order valence-electron chi connectivity index (χ2n) is 2.65. The van der Waals surface area contributed by atoms with Gasteiger partial charge in [0.2, 0.25) is 0 Å². The maximum absolute atomic E-state index is 11.2. The molecule has 0 aromatic carbocycles. The molecule has 72 valence electrons. The molecule has 0 atom stereocenters. The second-order valence-corrected chi connectivity index (χ2v) is 2.65. The number of nitrogens with zero attached hydrogens (tertiary/aromatic N) is 1. The first-order chi connectivity index (χ1) is 6.27. The van der Waals surface area contributed by atoms with E-state index in [-0.39, 0.29) is 6.03 Å². The van der Waals surface area contributed by atoms with Crippen molar-refractivity contribution < 1.29 is 9.21 Å². The number of hydrogen-bond donors (Lipinski definition) is 1. The maximum Gasteiger partial charge on any atom is 0.317 e. The number of nitrogens with one attached hydrogen (secondary N) is 1. The fourth-order valence-corrected chi connectivity index (χ4v) is 1.08. The van der Waals surface area contributed by atoms with E-state index in [2.05, 4.69) is 5.32 Å². The minimum Gasteiger partial charge on any atom is -0.467 e. The average molecular weight is 182 g/mol. The Balaban J connectivity index is 2.54. The molecule has 4 heteroatoms. The Morgan fingerprint density at radius 1 is 1.69 bits per heavy atom. The SMILES string of the molecule is CCN(Cc1ccco1)C(=O)NC. The van der Waals surface area contributed by atoms with Crippen LogP contribution in [-0.4, -0.2) is 24.5 Å². The zero-order valence-electron chi connectivity index (χ0n) is 7.91. The number of hydrogen-bond acceptors (Lipinski definition) is 2. The molecule has 0 saturated carbocycles. The van der Waals surface area contributed by atoms with Gasteiger partial charge in [0, 0.05) is 13.6 Å². The summed E-state index contributed by atoms with van der Waals surface area (Å²) in [6, 6.07) is 3.58. The minimum atomic E-state index is -0.0844. The van der Waals surface area contributed by atoms with Crippen molar-refractivity contribution in [1.29, 1.82) is 0 Å². The lowest BCUT2D eigenvalue weighted by molar-refractivity contribution is 0.196. The van der Waals surface area contributed by atoms with Crippen LogP contribution in [0, 0.1) is 0 Å². The molecule has 1 aromatic heterocycles. The summed E-state index contributed by atoms with van der Waals surface area (Å²) in [5.74, 6) is 0.797. The number of furan rings is 1. The van der Waals surface area contributed by atoms with Crippen LogP contribution in [0.3, 0.4) is 0 Å². The first kappa shape index (κ1) is 9.64. The van der Waals surface area contributed by atoms with E-state index in [4.69, 9.17) is 4.42 Å². The summed E-state index contributed by atoms with van der Waals surface area (Å²) in [5, 5.41) is 2.57. The Morgan fingerprint density at radius 2 is 2.46 bits per heavy atom. The number of carbonyl (C=O) groups excluding carboxylic acids is 1. The molecule has 13 heavy (non-hydrogen) atoms. The number of urea groups is 1. The molecule has 4 nitrogen and oxygen atoms in total. The van der Waals surface area contributed by atoms with Gasteiger partial charge >= 0.3 is 6.03 Å². The molecule has 0 aliphatic heterocycles. The van der Waals surface area contributed by atoms with Crippen molar-refractivity contribution in [3.05, 3.63) is 24.2 Å². The van der Waals surface area contributed by atoms with Crippen molar-refractivity contribution in [3.8, 4) is 0 Å². The van der Waals surface area contributed by atoms with Crippen LogP contribution in [0.15, 0.2) is 22.8 Å². The van der Waals surface area contributed by atoms with Crippen LogP contribution in [0.25, 0.3) is 0 Å². The van der Waals surface area contributed by atoms with Gasteiger partial charge in [-0.15, -0.1) is 0 Å². The highest BCUT2D eigenvalue weighted by Gasteiger charge is 2.10. The molecule has 0 unspecified atom stereocenters. The van der Waals surface area contributed by atoms with Crippen LogP contribution in [0.5, 0.6) is 0 Å². The third-order valence-corrected chi connectivity index (χ3v) is 1.81. The molecule has 0 spiro atoms. The Hall–Kier alpha value is -1.45. The molecule has 1 heterocycles. The van der Waals surface area contributed by atoms with Crippen molar-refractivity contribution in [2.45, 2.75) is 13.5 Å². The van der Waals surface area contributed by atoms with E-state index in [0.29, 0.717) is 13.1 Å². The average Bonchev–Trinajstić information content (AvgIpc) is 2.65. The minimum absolute atomic E-state index is 0.0844. The summed E-state index contributed by atoms with van der Waals surface area (Å²) >= 11 is 0. The van der Waals surface area contributed by atoms with Gasteiger partial charge in [-0.3, -0.25) is 0 Å². The number of rotatable bonds is 3. The summed E-state index contributed by atoms with van der Waals surface area (Å²) in [6.07, 6.45) is 1.60. The first-order valence-electron chi connectivity index (χ1n) is 4.27. The number of carbonyl (C=O) groups is 1. The van der Waals surface area contributed by atoms with Crippen LogP contribution in [0.4, 0.5) is 4.79 Å². The zero-order valence-corrected chi connectivity index (χ0v) is 7.91. The van der Waals surface area contributed by atoms with Crippen LogP contribution < -0.4 is 5.32 Å². The van der Waals surface area contributed by atoms with Gasteiger partial charge in [0.25, 0.3) is 0 Å². The maximum atomic E-state index is 11.2. The summed E-state index contributed by atoms with van der Waals surface area (Å²) in [6.45, 7) is 3.11. The number of amides is 2. The summed E-state index contributed by atoms with van der Waals surface area (Å²) in [5.41, 5.74) is 0. The van der Waals surface area contributed by atoms with Crippen molar-refractivity contribution in [3.63, 3.8) is 0 Å². The Labute approximate surface area is 77.5 Å². The van der Waals surface area contributed by atoms with Crippen LogP contribution in [0.1, 0.15) is 12.7 Å². The molecule has 0 fully saturated rings. The van der Waals surface area contributed by atoms with E-state index in [1.54, 1.807) is 18.2 Å². The van der Waals surface area contributed by atoms with Crippen LogP contribution in [0.2, 0.25) is 0 Å². The molecule has 0 aliphatic carbocycles. The largest absolute Gasteiger partial charge is 0.467 e. The normalized spacial score (nSPS) is 9.69. The Bertz CT molecular complexity index is 257. The van der Waals surface area contributed by atoms with Gasteiger partial charge in [-0.25, -0.2) is 4.79 Å². The van der Waals surface area contributed by atoms with E-state index in [0.717, 1.165) is 5.76 Å². The highest BCUT2D eigenvalue weighted by atomic mass is 16.3. The molecule has 1 rings (SSSR count). The van der Waals surface area contributed by atoms with Crippen LogP contribution in [-0.2, 0) is 6.54 Å². The molecular weight excluding hydrogens is 168 g/mol. The molecule has 1 aromatic rings. The molecular formula is C9H14N2O2. The van der Waals surface area contributed by atoms with E-state index >= 15 is 0 Å². The Kier molecular flexibility index (Phi) is 3.37. The second kappa shape index (κ2) is 4.54. The van der Waals surface area contributed by atoms with Crippen molar-refractivity contribution in [2.75, 3.05) is 13.6 Å². The van der Waals surface area contributed by atoms with Crippen LogP contribution >= 0.6 is 0 Å². The topological polar surface area (TPSA) is 45.5 Å². The van der Waals surface area contributed by atoms with Gasteiger partial charge in [0.1, 0.15) is 5.76 Å². The lowest BCUT2D eigenvalue weighted by Crippen LogP contribution is -2.37. The fraction of sp³-hybridized carbons (Fsp3) is 0.444. The summed E-state index contributed by atoms with van der Waals surface area (Å²) in [4.78, 5) is 12.9.